The fraction of sp³-hybridized carbons (Fsp3) is 0.556. The molecule has 2 aliphatic rings. The number of hydrogen-bond acceptors (Lipinski definition) is 7. The van der Waals surface area contributed by atoms with Gasteiger partial charge in [0, 0.05) is 25.6 Å². The van der Waals surface area contributed by atoms with E-state index < -0.39 is 28.0 Å². The molecule has 1 saturated heterocycles. The predicted molar refractivity (Wildman–Crippen MR) is 94.7 cm³/mol. The maximum Gasteiger partial charge on any atom is 0.310 e. The fourth-order valence-electron chi connectivity index (χ4n) is 3.08. The number of fused-ring (bicyclic) bond motifs is 1. The monoisotopic (exact) mass is 394 g/mol. The smallest absolute Gasteiger partial charge is 0.310 e. The summed E-state index contributed by atoms with van der Waals surface area (Å²) >= 11 is 0. The molecule has 1 atom stereocenters. The first-order valence-corrected chi connectivity index (χ1v) is 10.4. The molecule has 0 N–H and O–H groups in total. The van der Waals surface area contributed by atoms with Crippen molar-refractivity contribution in [1.82, 2.24) is 4.31 Å². The number of nitrogens with zero attached hydrogens (tertiary/aromatic N) is 2. The van der Waals surface area contributed by atoms with Crippen molar-refractivity contribution in [1.29, 1.82) is 5.26 Å². The van der Waals surface area contributed by atoms with Gasteiger partial charge in [-0.3, -0.25) is 4.79 Å². The molecule has 146 valence electrons. The van der Waals surface area contributed by atoms with E-state index in [0.717, 1.165) is 6.42 Å². The molecule has 0 aliphatic carbocycles. The van der Waals surface area contributed by atoms with Gasteiger partial charge in [-0.1, -0.05) is 0 Å². The number of ether oxygens (including phenoxy) is 3. The van der Waals surface area contributed by atoms with Gasteiger partial charge in [-0.05, 0) is 31.9 Å². The Morgan fingerprint density at radius 2 is 1.93 bits per heavy atom. The van der Waals surface area contributed by atoms with E-state index in [9.17, 15) is 13.2 Å². The van der Waals surface area contributed by atoms with Crippen LogP contribution in [0.4, 0.5) is 0 Å². The number of carbonyl (C=O) groups is 1. The average Bonchev–Trinajstić information content (AvgIpc) is 2.92. The molecule has 0 radical (unpaired) electrons. The van der Waals surface area contributed by atoms with Crippen LogP contribution in [0.2, 0.25) is 0 Å². The number of hydrogen-bond donors (Lipinski definition) is 0. The molecule has 1 aromatic rings. The Morgan fingerprint density at radius 3 is 2.59 bits per heavy atom. The van der Waals surface area contributed by atoms with Gasteiger partial charge >= 0.3 is 5.97 Å². The molecule has 1 aromatic carbocycles. The van der Waals surface area contributed by atoms with Crippen molar-refractivity contribution in [2.45, 2.75) is 37.2 Å². The van der Waals surface area contributed by atoms with Gasteiger partial charge in [-0.2, -0.15) is 9.57 Å². The summed E-state index contributed by atoms with van der Waals surface area (Å²) in [6, 6.07) is 6.46. The van der Waals surface area contributed by atoms with Crippen LogP contribution < -0.4 is 9.47 Å². The Balaban J connectivity index is 1.68. The molecule has 0 bridgehead atoms. The van der Waals surface area contributed by atoms with Crippen LogP contribution in [0.5, 0.6) is 11.5 Å². The van der Waals surface area contributed by atoms with E-state index in [-0.39, 0.29) is 18.0 Å². The van der Waals surface area contributed by atoms with Crippen molar-refractivity contribution in [2.24, 2.45) is 5.92 Å². The third-order valence-corrected chi connectivity index (χ3v) is 6.51. The van der Waals surface area contributed by atoms with Crippen LogP contribution in [-0.2, 0) is 19.6 Å². The quantitative estimate of drug-likeness (QED) is 0.716. The Morgan fingerprint density at radius 1 is 1.26 bits per heavy atom. The Hall–Kier alpha value is -2.31. The molecule has 0 aromatic heterocycles. The first-order valence-electron chi connectivity index (χ1n) is 8.91. The van der Waals surface area contributed by atoms with Crippen LogP contribution >= 0.6 is 0 Å². The topological polar surface area (TPSA) is 106 Å². The Bertz CT molecular complexity index is 840. The largest absolute Gasteiger partial charge is 0.490 e. The normalized spacial score (nSPS) is 19.6. The molecule has 9 heteroatoms. The van der Waals surface area contributed by atoms with E-state index >= 15 is 0 Å². The summed E-state index contributed by atoms with van der Waals surface area (Å²) < 4.78 is 43.4. The van der Waals surface area contributed by atoms with E-state index in [1.54, 1.807) is 6.07 Å². The van der Waals surface area contributed by atoms with Gasteiger partial charge in [-0.15, -0.1) is 0 Å². The van der Waals surface area contributed by atoms with Crippen molar-refractivity contribution in [3.8, 4) is 17.6 Å². The molecule has 0 spiro atoms. The molecule has 2 heterocycles. The number of rotatable bonds is 4. The number of carbonyl (C=O) groups excluding carboxylic acids is 1. The number of piperidine rings is 1. The average molecular weight is 394 g/mol. The van der Waals surface area contributed by atoms with Gasteiger partial charge in [-0.25, -0.2) is 8.42 Å². The summed E-state index contributed by atoms with van der Waals surface area (Å²) in [6.45, 7) is 2.95. The molecule has 0 unspecified atom stereocenters. The lowest BCUT2D eigenvalue weighted by Gasteiger charge is -2.30. The molecule has 0 amide bonds. The lowest BCUT2D eigenvalue weighted by Crippen LogP contribution is -2.41. The second-order valence-electron chi connectivity index (χ2n) is 6.55. The van der Waals surface area contributed by atoms with Crippen molar-refractivity contribution in [3.05, 3.63) is 18.2 Å². The minimum atomic E-state index is -3.69. The Labute approximate surface area is 158 Å². The van der Waals surface area contributed by atoms with Gasteiger partial charge in [0.25, 0.3) is 0 Å². The lowest BCUT2D eigenvalue weighted by atomic mass is 9.98. The van der Waals surface area contributed by atoms with Crippen LogP contribution in [0.25, 0.3) is 0 Å². The molecule has 0 saturated carbocycles. The van der Waals surface area contributed by atoms with Gasteiger partial charge in [0.1, 0.15) is 6.07 Å². The fourth-order valence-corrected chi connectivity index (χ4v) is 4.57. The minimum absolute atomic E-state index is 0.144. The van der Waals surface area contributed by atoms with Crippen LogP contribution in [0, 0.1) is 17.2 Å². The second-order valence-corrected chi connectivity index (χ2v) is 8.48. The SMILES string of the molecule is C[C@H](C#N)OC(=O)C1CCN(S(=O)(=O)c2ccc3c(c2)OCCCO3)CC1. The molecular formula is C18H22N2O6S. The summed E-state index contributed by atoms with van der Waals surface area (Å²) in [7, 11) is -3.69. The van der Waals surface area contributed by atoms with Crippen LogP contribution in [-0.4, -0.2) is 51.1 Å². The number of benzene rings is 1. The molecule has 8 nitrogen and oxygen atoms in total. The highest BCUT2D eigenvalue weighted by Gasteiger charge is 2.33. The number of sulfonamides is 1. The summed E-state index contributed by atoms with van der Waals surface area (Å²) in [5, 5.41) is 8.72. The van der Waals surface area contributed by atoms with E-state index in [4.69, 9.17) is 19.5 Å². The molecule has 27 heavy (non-hydrogen) atoms. The third kappa shape index (κ3) is 4.34. The second kappa shape index (κ2) is 8.15. The molecule has 2 aliphatic heterocycles. The highest BCUT2D eigenvalue weighted by Crippen LogP contribution is 2.33. The summed E-state index contributed by atoms with van der Waals surface area (Å²) in [4.78, 5) is 12.2. The van der Waals surface area contributed by atoms with E-state index in [0.29, 0.717) is 37.6 Å². The van der Waals surface area contributed by atoms with Crippen LogP contribution in [0.15, 0.2) is 23.1 Å². The van der Waals surface area contributed by atoms with Crippen LogP contribution in [0.1, 0.15) is 26.2 Å². The summed E-state index contributed by atoms with van der Waals surface area (Å²) in [5.74, 6) is 0.129. The van der Waals surface area contributed by atoms with Crippen LogP contribution in [0.3, 0.4) is 0 Å². The maximum absolute atomic E-state index is 12.9. The predicted octanol–water partition coefficient (Wildman–Crippen LogP) is 1.70. The van der Waals surface area contributed by atoms with Gasteiger partial charge < -0.3 is 14.2 Å². The van der Waals surface area contributed by atoms with E-state index in [1.165, 1.54) is 23.4 Å². The first-order chi connectivity index (χ1) is 12.9. The number of esters is 1. The van der Waals surface area contributed by atoms with Crippen molar-refractivity contribution < 1.29 is 27.4 Å². The van der Waals surface area contributed by atoms with E-state index in [2.05, 4.69) is 0 Å². The van der Waals surface area contributed by atoms with Crippen molar-refractivity contribution >= 4 is 16.0 Å². The third-order valence-electron chi connectivity index (χ3n) is 4.62. The molecule has 1 fully saturated rings. The zero-order valence-electron chi connectivity index (χ0n) is 15.1. The Kier molecular flexibility index (Phi) is 5.87. The van der Waals surface area contributed by atoms with Crippen molar-refractivity contribution in [2.75, 3.05) is 26.3 Å². The number of nitriles is 1. The highest BCUT2D eigenvalue weighted by atomic mass is 32.2. The summed E-state index contributed by atoms with van der Waals surface area (Å²) in [5.41, 5.74) is 0. The maximum atomic E-state index is 12.9. The van der Waals surface area contributed by atoms with Crippen molar-refractivity contribution in [3.63, 3.8) is 0 Å². The van der Waals surface area contributed by atoms with Gasteiger partial charge in [0.05, 0.1) is 24.0 Å². The molecule has 3 rings (SSSR count). The zero-order chi connectivity index (χ0) is 19.4. The first kappa shape index (κ1) is 19.5. The molecular weight excluding hydrogens is 372 g/mol. The minimum Gasteiger partial charge on any atom is -0.490 e. The lowest BCUT2D eigenvalue weighted by molar-refractivity contribution is -0.152. The summed E-state index contributed by atoms with van der Waals surface area (Å²) in [6.07, 6.45) is 0.660. The van der Waals surface area contributed by atoms with Gasteiger partial charge in [0.2, 0.25) is 10.0 Å². The van der Waals surface area contributed by atoms with Gasteiger partial charge in [0.15, 0.2) is 17.6 Å². The van der Waals surface area contributed by atoms with E-state index in [1.807, 2.05) is 6.07 Å². The standard InChI is InChI=1S/C18H22N2O6S/c1-13(12-19)26-18(21)14-5-7-20(8-6-14)27(22,23)15-3-4-16-17(11-15)25-10-2-9-24-16/h3-4,11,13-14H,2,5-10H2,1H3/t13-/m1/s1. The highest BCUT2D eigenvalue weighted by molar-refractivity contribution is 7.89. The zero-order valence-corrected chi connectivity index (χ0v) is 15.9.